The van der Waals surface area contributed by atoms with Crippen LogP contribution in [0.4, 0.5) is 24.5 Å². The molecule has 0 aliphatic carbocycles. The van der Waals surface area contributed by atoms with Crippen LogP contribution in [0, 0.1) is 0 Å². The second-order valence-corrected chi connectivity index (χ2v) is 11.9. The number of piperazine rings is 1. The van der Waals surface area contributed by atoms with Gasteiger partial charge in [0, 0.05) is 31.9 Å². The molecule has 0 amide bonds. The van der Waals surface area contributed by atoms with Crippen LogP contribution in [-0.2, 0) is 22.9 Å². The summed E-state index contributed by atoms with van der Waals surface area (Å²) in [5.74, 6) is 0. The van der Waals surface area contributed by atoms with Crippen LogP contribution in [0.5, 0.6) is 0 Å². The number of pyridine rings is 1. The van der Waals surface area contributed by atoms with Gasteiger partial charge >= 0.3 is 21.9 Å². The highest BCUT2D eigenvalue weighted by Gasteiger charge is 2.51. The smallest absolute Gasteiger partial charge is 0.399 e. The van der Waals surface area contributed by atoms with Crippen molar-refractivity contribution in [3.63, 3.8) is 0 Å². The molecule has 2 aliphatic rings. The lowest BCUT2D eigenvalue weighted by Crippen LogP contribution is -2.46. The van der Waals surface area contributed by atoms with E-state index in [0.29, 0.717) is 13.1 Å². The van der Waals surface area contributed by atoms with E-state index in [0.717, 1.165) is 29.9 Å². The molecule has 1 aromatic heterocycles. The Bertz CT molecular complexity index is 1080. The van der Waals surface area contributed by atoms with Gasteiger partial charge in [0.05, 0.1) is 42.0 Å². The number of hydrogen-bond donors (Lipinski definition) is 0. The lowest BCUT2D eigenvalue weighted by atomic mass is 9.79. The summed E-state index contributed by atoms with van der Waals surface area (Å²) in [6.07, 6.45) is -5.43. The minimum atomic E-state index is -4.66. The van der Waals surface area contributed by atoms with E-state index >= 15 is 0 Å². The maximum Gasteiger partial charge on any atom is 0.494 e. The van der Waals surface area contributed by atoms with Gasteiger partial charge in [0.15, 0.2) is 0 Å². The Morgan fingerprint density at radius 3 is 1.82 bits per heavy atom. The Kier molecular flexibility index (Phi) is 9.69. The molecule has 0 bridgehead atoms. The van der Waals surface area contributed by atoms with Crippen LogP contribution in [0.25, 0.3) is 0 Å². The van der Waals surface area contributed by atoms with Gasteiger partial charge < -0.3 is 28.2 Å². The maximum absolute atomic E-state index is 13.8. The molecule has 0 spiro atoms. The van der Waals surface area contributed by atoms with E-state index < -0.39 is 39.2 Å². The molecule has 2 aromatic rings. The van der Waals surface area contributed by atoms with Crippen LogP contribution in [0.15, 0.2) is 42.6 Å². The standard InChI is InChI=1S/C27H38BF3N3O5P/c1-7-35-40(36-8-2)37-24(27(29,30)31)23-14-13-22(19-32-23)34-17-15-33(16-18-34)21-11-9-20(10-12-21)28-38-25(3,4)26(5,6)39-28/h9-14,19,24H,7-8,15-18H2,1-6H3. The van der Waals surface area contributed by atoms with Gasteiger partial charge in [0.2, 0.25) is 6.10 Å². The normalized spacial score (nSPS) is 19.9. The molecule has 8 nitrogen and oxygen atoms in total. The molecular formula is C27H38BF3N3O5P. The van der Waals surface area contributed by atoms with Gasteiger partial charge in [-0.2, -0.15) is 13.2 Å². The average molecular weight is 583 g/mol. The molecule has 0 radical (unpaired) electrons. The molecule has 3 heterocycles. The Morgan fingerprint density at radius 2 is 1.38 bits per heavy atom. The molecule has 40 heavy (non-hydrogen) atoms. The molecule has 220 valence electrons. The van der Waals surface area contributed by atoms with Crippen molar-refractivity contribution in [2.75, 3.05) is 49.2 Å². The quantitative estimate of drug-likeness (QED) is 0.264. The summed E-state index contributed by atoms with van der Waals surface area (Å²) >= 11 is 0. The average Bonchev–Trinajstić information content (AvgIpc) is 3.13. The molecular weight excluding hydrogens is 545 g/mol. The minimum Gasteiger partial charge on any atom is -0.399 e. The van der Waals surface area contributed by atoms with Crippen molar-refractivity contribution in [1.82, 2.24) is 4.98 Å². The number of aromatic nitrogens is 1. The van der Waals surface area contributed by atoms with Crippen LogP contribution < -0.4 is 15.3 Å². The molecule has 0 N–H and O–H groups in total. The zero-order valence-corrected chi connectivity index (χ0v) is 24.8. The fourth-order valence-corrected chi connectivity index (χ4v) is 5.48. The van der Waals surface area contributed by atoms with E-state index in [4.69, 9.17) is 22.9 Å². The monoisotopic (exact) mass is 583 g/mol. The highest BCUT2D eigenvalue weighted by atomic mass is 31.2. The van der Waals surface area contributed by atoms with E-state index in [2.05, 4.69) is 26.9 Å². The SMILES string of the molecule is CCOP(OCC)OC(c1ccc(N2CCN(c3ccc(B4OC(C)(C)C(C)(C)O4)cc3)CC2)cn1)C(F)(F)F. The number of halogens is 3. The Morgan fingerprint density at radius 1 is 0.875 bits per heavy atom. The molecule has 2 fully saturated rings. The molecule has 13 heteroatoms. The Balaban J connectivity index is 1.35. The van der Waals surface area contributed by atoms with Crippen molar-refractivity contribution in [3.8, 4) is 0 Å². The first-order chi connectivity index (χ1) is 18.8. The zero-order chi connectivity index (χ0) is 29.1. The number of hydrogen-bond acceptors (Lipinski definition) is 8. The number of nitrogens with zero attached hydrogens (tertiary/aromatic N) is 3. The van der Waals surface area contributed by atoms with E-state index in [1.165, 1.54) is 12.3 Å². The van der Waals surface area contributed by atoms with Crippen molar-refractivity contribution in [3.05, 3.63) is 48.3 Å². The van der Waals surface area contributed by atoms with Crippen molar-refractivity contribution >= 4 is 32.6 Å². The van der Waals surface area contributed by atoms with E-state index in [-0.39, 0.29) is 18.9 Å². The fraction of sp³-hybridized carbons (Fsp3) is 0.593. The van der Waals surface area contributed by atoms with Crippen molar-refractivity contribution in [1.29, 1.82) is 0 Å². The first-order valence-corrected chi connectivity index (χ1v) is 14.6. The minimum absolute atomic E-state index is 0.179. The Labute approximate surface area is 236 Å². The summed E-state index contributed by atoms with van der Waals surface area (Å²) < 4.78 is 69.3. The van der Waals surface area contributed by atoms with Crippen LogP contribution >= 0.6 is 8.60 Å². The fourth-order valence-electron chi connectivity index (χ4n) is 4.46. The van der Waals surface area contributed by atoms with Crippen LogP contribution in [-0.4, -0.2) is 68.9 Å². The van der Waals surface area contributed by atoms with Crippen LogP contribution in [0.1, 0.15) is 53.3 Å². The van der Waals surface area contributed by atoms with Gasteiger partial charge in [0.25, 0.3) is 0 Å². The van der Waals surface area contributed by atoms with Gasteiger partial charge in [-0.25, -0.2) is 0 Å². The molecule has 2 aliphatic heterocycles. The maximum atomic E-state index is 13.8. The highest BCUT2D eigenvalue weighted by Crippen LogP contribution is 2.49. The van der Waals surface area contributed by atoms with Crippen molar-refractivity contribution in [2.24, 2.45) is 0 Å². The Hall–Kier alpha value is -1.95. The predicted octanol–water partition coefficient (Wildman–Crippen LogP) is 5.63. The highest BCUT2D eigenvalue weighted by molar-refractivity contribution is 7.41. The third-order valence-corrected chi connectivity index (χ3v) is 8.75. The van der Waals surface area contributed by atoms with E-state index in [1.54, 1.807) is 19.9 Å². The predicted molar refractivity (Wildman–Crippen MR) is 151 cm³/mol. The number of benzene rings is 1. The lowest BCUT2D eigenvalue weighted by molar-refractivity contribution is -0.201. The summed E-state index contributed by atoms with van der Waals surface area (Å²) in [5.41, 5.74) is 1.82. The van der Waals surface area contributed by atoms with Gasteiger partial charge in [-0.1, -0.05) is 12.1 Å². The molecule has 1 atom stereocenters. The molecule has 1 aromatic carbocycles. The van der Waals surface area contributed by atoms with E-state index in [1.807, 2.05) is 39.8 Å². The number of alkyl halides is 3. The first kappa shape index (κ1) is 31.0. The number of rotatable bonds is 10. The molecule has 2 saturated heterocycles. The van der Waals surface area contributed by atoms with Gasteiger partial charge in [0.1, 0.15) is 0 Å². The second kappa shape index (κ2) is 12.5. The summed E-state index contributed by atoms with van der Waals surface area (Å²) in [5, 5.41) is 0. The molecule has 4 rings (SSSR count). The molecule has 1 unspecified atom stereocenters. The summed E-state index contributed by atoms with van der Waals surface area (Å²) in [6, 6.07) is 11.2. The topological polar surface area (TPSA) is 65.5 Å². The third kappa shape index (κ3) is 7.09. The van der Waals surface area contributed by atoms with Crippen LogP contribution in [0.3, 0.4) is 0 Å². The third-order valence-electron chi connectivity index (χ3n) is 7.43. The largest absolute Gasteiger partial charge is 0.494 e. The second-order valence-electron chi connectivity index (χ2n) is 10.7. The summed E-state index contributed by atoms with van der Waals surface area (Å²) in [7, 11) is -2.54. The van der Waals surface area contributed by atoms with Gasteiger partial charge in [-0.15, -0.1) is 0 Å². The summed E-state index contributed by atoms with van der Waals surface area (Å²) in [6.45, 7) is 14.8. The van der Waals surface area contributed by atoms with Crippen LogP contribution in [0.2, 0.25) is 0 Å². The zero-order valence-electron chi connectivity index (χ0n) is 23.9. The first-order valence-electron chi connectivity index (χ1n) is 13.6. The van der Waals surface area contributed by atoms with Gasteiger partial charge in [-0.3, -0.25) is 9.51 Å². The van der Waals surface area contributed by atoms with Gasteiger partial charge in [-0.05, 0) is 71.3 Å². The number of anilines is 2. The summed E-state index contributed by atoms with van der Waals surface area (Å²) in [4.78, 5) is 8.51. The molecule has 0 saturated carbocycles. The van der Waals surface area contributed by atoms with Crippen molar-refractivity contribution in [2.45, 2.75) is 65.0 Å². The lowest BCUT2D eigenvalue weighted by Gasteiger charge is -2.37. The van der Waals surface area contributed by atoms with Crippen molar-refractivity contribution < 1.29 is 36.1 Å². The van der Waals surface area contributed by atoms with E-state index in [9.17, 15) is 13.2 Å².